The summed E-state index contributed by atoms with van der Waals surface area (Å²) in [6, 6.07) is 8.93. The van der Waals surface area contributed by atoms with Crippen LogP contribution in [0.15, 0.2) is 47.1 Å². The lowest BCUT2D eigenvalue weighted by molar-refractivity contribution is 0.102. The van der Waals surface area contributed by atoms with E-state index < -0.39 is 5.91 Å². The number of ether oxygens (including phenoxy) is 1. The van der Waals surface area contributed by atoms with Gasteiger partial charge in [0.25, 0.3) is 5.91 Å². The maximum absolute atomic E-state index is 13.1. The van der Waals surface area contributed by atoms with Crippen LogP contribution in [0.4, 0.5) is 10.3 Å². The molecular formula is C17H14FN3O3. The van der Waals surface area contributed by atoms with E-state index in [1.54, 1.807) is 25.1 Å². The number of carbonyl (C=O) groups is 1. The van der Waals surface area contributed by atoms with E-state index in [1.807, 2.05) is 0 Å². The first-order chi connectivity index (χ1) is 11.6. The minimum absolute atomic E-state index is 0.194. The Hall–Kier alpha value is -3.22. The van der Waals surface area contributed by atoms with Crippen LogP contribution in [0.2, 0.25) is 0 Å². The maximum atomic E-state index is 13.1. The molecule has 1 amide bonds. The number of carbonyl (C=O) groups excluding carboxylic acids is 1. The topological polar surface area (TPSA) is 77.2 Å². The van der Waals surface area contributed by atoms with E-state index in [0.29, 0.717) is 28.3 Å². The molecule has 24 heavy (non-hydrogen) atoms. The summed E-state index contributed by atoms with van der Waals surface area (Å²) < 4.78 is 23.3. The summed E-state index contributed by atoms with van der Waals surface area (Å²) in [6.07, 6.45) is 1.47. The predicted octanol–water partition coefficient (Wildman–Crippen LogP) is 3.45. The molecule has 0 aliphatic heterocycles. The zero-order chi connectivity index (χ0) is 17.1. The number of aryl methyl sites for hydroxylation is 1. The van der Waals surface area contributed by atoms with Crippen molar-refractivity contribution in [2.75, 3.05) is 12.4 Å². The molecular weight excluding hydrogens is 313 g/mol. The Balaban J connectivity index is 1.90. The minimum Gasteiger partial charge on any atom is -0.481 e. The second-order valence-corrected chi connectivity index (χ2v) is 5.02. The normalized spacial score (nSPS) is 10.5. The molecule has 0 unspecified atom stereocenters. The van der Waals surface area contributed by atoms with Crippen molar-refractivity contribution in [3.8, 4) is 17.0 Å². The van der Waals surface area contributed by atoms with Gasteiger partial charge in [-0.3, -0.25) is 10.1 Å². The van der Waals surface area contributed by atoms with Gasteiger partial charge in [-0.05, 0) is 30.7 Å². The van der Waals surface area contributed by atoms with Crippen molar-refractivity contribution in [2.45, 2.75) is 6.92 Å². The number of amides is 1. The molecule has 1 N–H and O–H groups in total. The van der Waals surface area contributed by atoms with Crippen molar-refractivity contribution in [3.63, 3.8) is 0 Å². The molecule has 0 aliphatic rings. The first kappa shape index (κ1) is 15.7. The van der Waals surface area contributed by atoms with Crippen molar-refractivity contribution < 1.29 is 18.4 Å². The van der Waals surface area contributed by atoms with Gasteiger partial charge in [0.1, 0.15) is 5.82 Å². The lowest BCUT2D eigenvalue weighted by atomic mass is 10.1. The number of anilines is 1. The number of pyridine rings is 1. The van der Waals surface area contributed by atoms with Crippen LogP contribution in [0.5, 0.6) is 5.88 Å². The van der Waals surface area contributed by atoms with Gasteiger partial charge in [-0.15, -0.1) is 0 Å². The summed E-state index contributed by atoms with van der Waals surface area (Å²) in [5.74, 6) is -0.215. The van der Waals surface area contributed by atoms with Gasteiger partial charge in [0, 0.05) is 17.8 Å². The first-order valence-corrected chi connectivity index (χ1v) is 7.12. The number of rotatable bonds is 4. The number of aromatic nitrogens is 2. The number of methoxy groups -OCH3 is 1. The highest BCUT2D eigenvalue weighted by atomic mass is 19.1. The third kappa shape index (κ3) is 3.10. The van der Waals surface area contributed by atoms with Crippen LogP contribution in [-0.2, 0) is 0 Å². The molecule has 0 saturated carbocycles. The quantitative estimate of drug-likeness (QED) is 0.794. The molecule has 3 aromatic rings. The zero-order valence-electron chi connectivity index (χ0n) is 13.0. The van der Waals surface area contributed by atoms with Gasteiger partial charge >= 0.3 is 0 Å². The second-order valence-electron chi connectivity index (χ2n) is 5.02. The van der Waals surface area contributed by atoms with Gasteiger partial charge in [-0.25, -0.2) is 9.37 Å². The molecule has 7 heteroatoms. The van der Waals surface area contributed by atoms with E-state index in [0.717, 1.165) is 0 Å². The largest absolute Gasteiger partial charge is 0.481 e. The molecule has 0 atom stereocenters. The van der Waals surface area contributed by atoms with E-state index >= 15 is 0 Å². The molecule has 0 aliphatic carbocycles. The van der Waals surface area contributed by atoms with E-state index in [4.69, 9.17) is 9.26 Å². The number of halogens is 1. The number of nitrogens with zero attached hydrogens (tertiary/aromatic N) is 2. The van der Waals surface area contributed by atoms with Gasteiger partial charge < -0.3 is 9.26 Å². The Labute approximate surface area is 137 Å². The van der Waals surface area contributed by atoms with Crippen LogP contribution < -0.4 is 10.1 Å². The SMILES string of the molecule is COc1cc(C(=O)Nc2onc(C)c2-c2ccc(F)cc2)ccn1. The third-order valence-electron chi connectivity index (χ3n) is 3.43. The molecule has 2 aromatic heterocycles. The molecule has 0 saturated heterocycles. The van der Waals surface area contributed by atoms with Crippen molar-refractivity contribution in [2.24, 2.45) is 0 Å². The van der Waals surface area contributed by atoms with Crippen LogP contribution in [0, 0.1) is 12.7 Å². The number of hydrogen-bond acceptors (Lipinski definition) is 5. The van der Waals surface area contributed by atoms with E-state index in [9.17, 15) is 9.18 Å². The van der Waals surface area contributed by atoms with Gasteiger partial charge in [-0.1, -0.05) is 17.3 Å². The summed E-state index contributed by atoms with van der Waals surface area (Å²) in [4.78, 5) is 16.3. The summed E-state index contributed by atoms with van der Waals surface area (Å²) in [5, 5.41) is 6.54. The number of nitrogens with one attached hydrogen (secondary N) is 1. The Morgan fingerprint density at radius 3 is 2.71 bits per heavy atom. The molecule has 0 radical (unpaired) electrons. The molecule has 2 heterocycles. The average Bonchev–Trinajstić information content (AvgIpc) is 2.96. The monoisotopic (exact) mass is 327 g/mol. The highest BCUT2D eigenvalue weighted by Gasteiger charge is 2.18. The third-order valence-corrected chi connectivity index (χ3v) is 3.43. The lowest BCUT2D eigenvalue weighted by Gasteiger charge is -2.06. The zero-order valence-corrected chi connectivity index (χ0v) is 13.0. The fourth-order valence-electron chi connectivity index (χ4n) is 2.25. The molecule has 6 nitrogen and oxygen atoms in total. The van der Waals surface area contributed by atoms with Crippen LogP contribution in [-0.4, -0.2) is 23.2 Å². The van der Waals surface area contributed by atoms with Gasteiger partial charge in [0.05, 0.1) is 18.4 Å². The predicted molar refractivity (Wildman–Crippen MR) is 85.4 cm³/mol. The van der Waals surface area contributed by atoms with Crippen molar-refractivity contribution >= 4 is 11.8 Å². The van der Waals surface area contributed by atoms with Crippen molar-refractivity contribution in [3.05, 3.63) is 59.7 Å². The van der Waals surface area contributed by atoms with Crippen LogP contribution in [0.25, 0.3) is 11.1 Å². The Morgan fingerprint density at radius 2 is 2.00 bits per heavy atom. The highest BCUT2D eigenvalue weighted by molar-refractivity contribution is 6.05. The second kappa shape index (κ2) is 6.49. The van der Waals surface area contributed by atoms with Crippen molar-refractivity contribution in [1.29, 1.82) is 0 Å². The molecule has 122 valence electrons. The summed E-state index contributed by atoms with van der Waals surface area (Å²) in [7, 11) is 1.47. The van der Waals surface area contributed by atoms with Crippen molar-refractivity contribution in [1.82, 2.24) is 10.1 Å². The standard InChI is InChI=1S/C17H14FN3O3/c1-10-15(11-3-5-13(18)6-4-11)17(24-21-10)20-16(22)12-7-8-19-14(9-12)23-2/h3-9H,1-2H3,(H,20,22). The van der Waals surface area contributed by atoms with Crippen LogP contribution in [0.1, 0.15) is 16.1 Å². The summed E-state index contributed by atoms with van der Waals surface area (Å²) in [5.41, 5.74) is 2.24. The van der Waals surface area contributed by atoms with Gasteiger partial charge in [0.2, 0.25) is 11.8 Å². The smallest absolute Gasteiger partial charge is 0.258 e. The van der Waals surface area contributed by atoms with Crippen LogP contribution in [0.3, 0.4) is 0 Å². The Morgan fingerprint density at radius 1 is 1.25 bits per heavy atom. The molecule has 1 aromatic carbocycles. The van der Waals surface area contributed by atoms with E-state index in [1.165, 1.54) is 31.5 Å². The maximum Gasteiger partial charge on any atom is 0.258 e. The van der Waals surface area contributed by atoms with Gasteiger partial charge in [-0.2, -0.15) is 0 Å². The number of hydrogen-bond donors (Lipinski definition) is 1. The lowest BCUT2D eigenvalue weighted by Crippen LogP contribution is -2.12. The van der Waals surface area contributed by atoms with E-state index in [-0.39, 0.29) is 11.7 Å². The molecule has 0 spiro atoms. The summed E-state index contributed by atoms with van der Waals surface area (Å²) >= 11 is 0. The highest BCUT2D eigenvalue weighted by Crippen LogP contribution is 2.31. The fourth-order valence-corrected chi connectivity index (χ4v) is 2.25. The van der Waals surface area contributed by atoms with Gasteiger partial charge in [0.15, 0.2) is 0 Å². The first-order valence-electron chi connectivity index (χ1n) is 7.12. The molecule has 0 bridgehead atoms. The van der Waals surface area contributed by atoms with Crippen LogP contribution >= 0.6 is 0 Å². The fraction of sp³-hybridized carbons (Fsp3) is 0.118. The average molecular weight is 327 g/mol. The number of benzene rings is 1. The molecule has 0 fully saturated rings. The Bertz CT molecular complexity index is 875. The molecule has 3 rings (SSSR count). The minimum atomic E-state index is -0.393. The summed E-state index contributed by atoms with van der Waals surface area (Å²) in [6.45, 7) is 1.74. The van der Waals surface area contributed by atoms with E-state index in [2.05, 4.69) is 15.5 Å². The Kier molecular flexibility index (Phi) is 4.24.